The van der Waals surface area contributed by atoms with E-state index in [1.165, 1.54) is 0 Å². The molecule has 2 rings (SSSR count). The van der Waals surface area contributed by atoms with Crippen LogP contribution < -0.4 is 4.74 Å². The second kappa shape index (κ2) is 7.73. The van der Waals surface area contributed by atoms with Crippen LogP contribution in [0.2, 0.25) is 0 Å². The van der Waals surface area contributed by atoms with Crippen molar-refractivity contribution in [2.45, 2.75) is 31.9 Å². The van der Waals surface area contributed by atoms with Gasteiger partial charge in [-0.05, 0) is 0 Å². The van der Waals surface area contributed by atoms with Crippen molar-refractivity contribution in [1.82, 2.24) is 0 Å². The Labute approximate surface area is 158 Å². The predicted octanol–water partition coefficient (Wildman–Crippen LogP) is 5.19. The Kier molecular flexibility index (Phi) is 6.24. The van der Waals surface area contributed by atoms with Crippen LogP contribution in [0.25, 0.3) is 0 Å². The van der Waals surface area contributed by atoms with E-state index in [2.05, 4.69) is 0 Å². The first-order valence-corrected chi connectivity index (χ1v) is 11.9. The Morgan fingerprint density at radius 2 is 1.42 bits per heavy atom. The molecule has 0 aliphatic heterocycles. The van der Waals surface area contributed by atoms with Crippen LogP contribution in [0.15, 0.2) is 54.6 Å². The minimum atomic E-state index is -5.74. The third-order valence-electron chi connectivity index (χ3n) is 2.80. The summed E-state index contributed by atoms with van der Waals surface area (Å²) in [5.41, 5.74) is -6.10. The fourth-order valence-corrected chi connectivity index (χ4v) is 8.49. The second-order valence-electron chi connectivity index (χ2n) is 6.15. The summed E-state index contributed by atoms with van der Waals surface area (Å²) in [6.45, 7) is 5.37. The molecule has 2 aromatic rings. The van der Waals surface area contributed by atoms with E-state index >= 15 is 0 Å². The second-order valence-corrected chi connectivity index (χ2v) is 12.6. The molecule has 0 atom stereocenters. The van der Waals surface area contributed by atoms with E-state index in [-0.39, 0.29) is 0 Å². The molecule has 0 unspecified atom stereocenters. The molecule has 4 nitrogen and oxygen atoms in total. The molecule has 0 aliphatic carbocycles. The van der Waals surface area contributed by atoms with Crippen LogP contribution in [0.1, 0.15) is 20.8 Å². The average molecular weight is 502 g/mol. The topological polar surface area (TPSA) is 52.6 Å². The zero-order valence-corrected chi connectivity index (χ0v) is 17.2. The molecule has 0 bridgehead atoms. The van der Waals surface area contributed by atoms with E-state index in [9.17, 15) is 21.6 Å². The maximum absolute atomic E-state index is 12.9. The van der Waals surface area contributed by atoms with Gasteiger partial charge in [-0.1, -0.05) is 0 Å². The van der Waals surface area contributed by atoms with Gasteiger partial charge in [-0.3, -0.25) is 0 Å². The molecule has 0 N–H and O–H groups in total. The van der Waals surface area contributed by atoms with Crippen molar-refractivity contribution < 1.29 is 28.8 Å². The summed E-state index contributed by atoms with van der Waals surface area (Å²) >= 11 is -3.46. The van der Waals surface area contributed by atoms with Crippen LogP contribution in [0.3, 0.4) is 0 Å². The van der Waals surface area contributed by atoms with Gasteiger partial charge in [-0.2, -0.15) is 0 Å². The van der Waals surface area contributed by atoms with Gasteiger partial charge < -0.3 is 0 Å². The van der Waals surface area contributed by atoms with Crippen molar-refractivity contribution in [3.05, 3.63) is 61.7 Å². The normalized spacial score (nSPS) is 13.4. The number of alkyl halides is 3. The molecule has 0 aromatic heterocycles. The van der Waals surface area contributed by atoms with Crippen LogP contribution in [-0.2, 0) is 12.6 Å². The number of para-hydroxylation sites is 1. The Balaban J connectivity index is 2.57. The standard InChI is InChI=1S/C17H18F3IO4S/c1-16(2,3)24-15-12-8-7-11-14(15)21(13-9-5-4-6-10-13)25-26(22,23)17(18,19)20/h4-12H,1-3H3. The van der Waals surface area contributed by atoms with Crippen molar-refractivity contribution >= 4 is 30.4 Å². The summed E-state index contributed by atoms with van der Waals surface area (Å²) < 4.78 is 73.3. The van der Waals surface area contributed by atoms with E-state index < -0.39 is 41.5 Å². The minimum absolute atomic E-state index is 0.312. The summed E-state index contributed by atoms with van der Waals surface area (Å²) in [6, 6.07) is 14.5. The third-order valence-corrected chi connectivity index (χ3v) is 9.95. The summed E-state index contributed by atoms with van der Waals surface area (Å²) in [7, 11) is -5.74. The molecule has 0 fully saturated rings. The molecule has 0 amide bonds. The van der Waals surface area contributed by atoms with Crippen LogP contribution in [0.5, 0.6) is 5.75 Å². The van der Waals surface area contributed by atoms with E-state index in [1.54, 1.807) is 75.4 Å². The number of halogens is 4. The van der Waals surface area contributed by atoms with Gasteiger partial charge in [0.2, 0.25) is 0 Å². The molecule has 0 heterocycles. The molecular formula is C17H18F3IO4S. The Morgan fingerprint density at radius 3 is 1.96 bits per heavy atom. The van der Waals surface area contributed by atoms with E-state index in [4.69, 9.17) is 7.25 Å². The number of hydrogen-bond donors (Lipinski definition) is 0. The summed E-state index contributed by atoms with van der Waals surface area (Å²) in [5.74, 6) is 0.312. The fraction of sp³-hybridized carbons (Fsp3) is 0.294. The molecule has 0 saturated carbocycles. The van der Waals surface area contributed by atoms with Gasteiger partial charge in [0.1, 0.15) is 0 Å². The van der Waals surface area contributed by atoms with Crippen molar-refractivity contribution in [3.63, 3.8) is 0 Å². The fourth-order valence-electron chi connectivity index (χ4n) is 1.83. The Hall–Kier alpha value is -1.33. The number of hydrogen-bond acceptors (Lipinski definition) is 4. The first-order chi connectivity index (χ1) is 11.9. The SMILES string of the molecule is CC(C)(C)Oc1ccccc1I(OS(=O)(=O)C(F)(F)F)c1ccccc1. The summed E-state index contributed by atoms with van der Waals surface area (Å²) in [4.78, 5) is 0. The molecule has 144 valence electrons. The molecule has 0 saturated heterocycles. The van der Waals surface area contributed by atoms with Gasteiger partial charge in [0.05, 0.1) is 0 Å². The summed E-state index contributed by atoms with van der Waals surface area (Å²) in [6.07, 6.45) is 0. The van der Waals surface area contributed by atoms with Gasteiger partial charge in [-0.25, -0.2) is 0 Å². The van der Waals surface area contributed by atoms with Crippen LogP contribution in [-0.4, -0.2) is 19.5 Å². The van der Waals surface area contributed by atoms with Crippen molar-refractivity contribution in [2.24, 2.45) is 0 Å². The van der Waals surface area contributed by atoms with Crippen molar-refractivity contribution in [2.75, 3.05) is 0 Å². The van der Waals surface area contributed by atoms with Gasteiger partial charge in [0.25, 0.3) is 0 Å². The Morgan fingerprint density at radius 1 is 0.885 bits per heavy atom. The van der Waals surface area contributed by atoms with Gasteiger partial charge >= 0.3 is 159 Å². The van der Waals surface area contributed by atoms with E-state index in [1.807, 2.05) is 0 Å². The molecular weight excluding hydrogens is 484 g/mol. The average Bonchev–Trinajstić information content (AvgIpc) is 2.52. The van der Waals surface area contributed by atoms with Gasteiger partial charge in [-0.15, -0.1) is 0 Å². The maximum atomic E-state index is 12.9. The molecule has 0 spiro atoms. The van der Waals surface area contributed by atoms with E-state index in [0.717, 1.165) is 0 Å². The summed E-state index contributed by atoms with van der Waals surface area (Å²) in [5, 5.41) is 0. The molecule has 26 heavy (non-hydrogen) atoms. The van der Waals surface area contributed by atoms with Crippen LogP contribution in [0, 0.1) is 7.14 Å². The first kappa shape index (κ1) is 21.0. The zero-order valence-electron chi connectivity index (χ0n) is 14.2. The Bertz CT molecular complexity index is 846. The zero-order chi connectivity index (χ0) is 19.6. The quantitative estimate of drug-likeness (QED) is 0.417. The predicted molar refractivity (Wildman–Crippen MR) is 101 cm³/mol. The van der Waals surface area contributed by atoms with Crippen LogP contribution >= 0.6 is 20.2 Å². The molecule has 9 heteroatoms. The molecule has 0 radical (unpaired) electrons. The van der Waals surface area contributed by atoms with Crippen molar-refractivity contribution in [3.8, 4) is 5.75 Å². The van der Waals surface area contributed by atoms with Gasteiger partial charge in [0.15, 0.2) is 0 Å². The van der Waals surface area contributed by atoms with Gasteiger partial charge in [0, 0.05) is 0 Å². The van der Waals surface area contributed by atoms with E-state index in [0.29, 0.717) is 12.9 Å². The molecule has 2 aromatic carbocycles. The number of ether oxygens (including phenoxy) is 1. The number of rotatable bonds is 5. The molecule has 0 aliphatic rings. The van der Waals surface area contributed by atoms with Crippen molar-refractivity contribution in [1.29, 1.82) is 0 Å². The monoisotopic (exact) mass is 502 g/mol. The third kappa shape index (κ3) is 5.34. The van der Waals surface area contributed by atoms with Crippen LogP contribution in [0.4, 0.5) is 13.2 Å². The first-order valence-electron chi connectivity index (χ1n) is 7.45. The number of benzene rings is 2.